The number of hydrogen-bond acceptors (Lipinski definition) is 5. The summed E-state index contributed by atoms with van der Waals surface area (Å²) in [6.45, 7) is 2.52. The van der Waals surface area contributed by atoms with E-state index in [2.05, 4.69) is 25.6 Å². The Morgan fingerprint density at radius 3 is 2.70 bits per heavy atom. The van der Waals surface area contributed by atoms with Crippen molar-refractivity contribution in [1.29, 1.82) is 0 Å². The van der Waals surface area contributed by atoms with Gasteiger partial charge in [0.25, 0.3) is 0 Å². The van der Waals surface area contributed by atoms with Crippen LogP contribution in [0.1, 0.15) is 22.9 Å². The first kappa shape index (κ1) is 16.9. The van der Waals surface area contributed by atoms with Crippen molar-refractivity contribution < 1.29 is 4.79 Å². The molecule has 27 heavy (non-hydrogen) atoms. The fourth-order valence-corrected chi connectivity index (χ4v) is 2.91. The van der Waals surface area contributed by atoms with Crippen LogP contribution in [-0.2, 0) is 11.3 Å². The third kappa shape index (κ3) is 3.84. The average molecular weight is 357 g/mol. The first-order valence-electron chi connectivity index (χ1n) is 8.74. The van der Waals surface area contributed by atoms with Crippen molar-refractivity contribution in [3.63, 3.8) is 0 Å². The van der Waals surface area contributed by atoms with Gasteiger partial charge in [0.05, 0.1) is 29.8 Å². The van der Waals surface area contributed by atoms with Crippen LogP contribution in [0.4, 0.5) is 17.1 Å². The minimum atomic E-state index is -0.348. The van der Waals surface area contributed by atoms with E-state index in [4.69, 9.17) is 0 Å². The minimum absolute atomic E-state index is 0.0440. The molecule has 0 aliphatic carbocycles. The first-order chi connectivity index (χ1) is 13.2. The number of amides is 1. The lowest BCUT2D eigenvalue weighted by molar-refractivity contribution is -0.115. The minimum Gasteiger partial charge on any atom is -0.379 e. The molecule has 6 nitrogen and oxygen atoms in total. The molecule has 2 N–H and O–H groups in total. The van der Waals surface area contributed by atoms with Crippen LogP contribution in [0.3, 0.4) is 0 Å². The van der Waals surface area contributed by atoms with Gasteiger partial charge < -0.3 is 10.6 Å². The third-order valence-corrected chi connectivity index (χ3v) is 4.38. The zero-order chi connectivity index (χ0) is 18.6. The molecule has 1 amide bonds. The van der Waals surface area contributed by atoms with Crippen LogP contribution in [0.2, 0.25) is 0 Å². The number of benzene rings is 2. The second-order valence-corrected chi connectivity index (χ2v) is 6.38. The molecule has 0 bridgehead atoms. The Morgan fingerprint density at radius 2 is 1.93 bits per heavy atom. The van der Waals surface area contributed by atoms with Crippen LogP contribution in [-0.4, -0.2) is 22.1 Å². The molecule has 1 aliphatic rings. The van der Waals surface area contributed by atoms with E-state index in [9.17, 15) is 4.79 Å². The van der Waals surface area contributed by atoms with Crippen LogP contribution in [0.15, 0.2) is 65.9 Å². The topological polar surface area (TPSA) is 79.3 Å². The standard InChI is InChI=1S/C21H19N5O/c1-14-10-23-17(11-22-14)12-24-15-6-8-16(9-7-15)25-13-19-18-4-2-3-5-20(18)26-21(19)27/h2-11,13,19,24H,12H2,1H3,(H,26,27). The van der Waals surface area contributed by atoms with Crippen LogP contribution >= 0.6 is 0 Å². The van der Waals surface area contributed by atoms with E-state index < -0.39 is 0 Å². The smallest absolute Gasteiger partial charge is 0.237 e. The first-order valence-corrected chi connectivity index (χ1v) is 8.74. The van der Waals surface area contributed by atoms with E-state index >= 15 is 0 Å². The van der Waals surface area contributed by atoms with E-state index in [0.29, 0.717) is 6.54 Å². The van der Waals surface area contributed by atoms with Crippen molar-refractivity contribution >= 4 is 29.2 Å². The summed E-state index contributed by atoms with van der Waals surface area (Å²) in [4.78, 5) is 25.2. The van der Waals surface area contributed by atoms with Crippen molar-refractivity contribution in [2.45, 2.75) is 19.4 Å². The molecule has 134 valence electrons. The molecule has 1 aromatic heterocycles. The van der Waals surface area contributed by atoms with Gasteiger partial charge in [-0.05, 0) is 42.8 Å². The summed E-state index contributed by atoms with van der Waals surface area (Å²) < 4.78 is 0. The molecule has 3 aromatic rings. The summed E-state index contributed by atoms with van der Waals surface area (Å²) in [6.07, 6.45) is 5.23. The van der Waals surface area contributed by atoms with Gasteiger partial charge in [0.15, 0.2) is 0 Å². The molecule has 6 heteroatoms. The number of hydrogen-bond donors (Lipinski definition) is 2. The summed E-state index contributed by atoms with van der Waals surface area (Å²) in [5, 5.41) is 6.18. The molecule has 1 atom stereocenters. The van der Waals surface area contributed by atoms with Gasteiger partial charge >= 0.3 is 0 Å². The van der Waals surface area contributed by atoms with Gasteiger partial charge in [0, 0.05) is 23.8 Å². The highest BCUT2D eigenvalue weighted by molar-refractivity contribution is 6.12. The number of anilines is 2. The second kappa shape index (κ2) is 7.37. The third-order valence-electron chi connectivity index (χ3n) is 4.38. The fraction of sp³-hybridized carbons (Fsp3) is 0.143. The molecule has 0 radical (unpaired) electrons. The van der Waals surface area contributed by atoms with Gasteiger partial charge in [-0.15, -0.1) is 0 Å². The molecule has 4 rings (SSSR count). The highest BCUT2D eigenvalue weighted by Crippen LogP contribution is 2.31. The summed E-state index contributed by atoms with van der Waals surface area (Å²) in [5.74, 6) is -0.392. The van der Waals surface area contributed by atoms with Crippen molar-refractivity contribution in [3.05, 3.63) is 77.9 Å². The van der Waals surface area contributed by atoms with Crippen molar-refractivity contribution in [2.75, 3.05) is 10.6 Å². The Labute approximate surface area is 157 Å². The lowest BCUT2D eigenvalue weighted by Crippen LogP contribution is -2.12. The lowest BCUT2D eigenvalue weighted by Gasteiger charge is -2.06. The number of aromatic nitrogens is 2. The number of fused-ring (bicyclic) bond motifs is 1. The molecule has 0 spiro atoms. The summed E-state index contributed by atoms with van der Waals surface area (Å²) in [7, 11) is 0. The maximum Gasteiger partial charge on any atom is 0.237 e. The summed E-state index contributed by atoms with van der Waals surface area (Å²) >= 11 is 0. The van der Waals surface area contributed by atoms with Crippen LogP contribution in [0.5, 0.6) is 0 Å². The van der Waals surface area contributed by atoms with Crippen molar-refractivity contribution in [2.24, 2.45) is 4.99 Å². The van der Waals surface area contributed by atoms with E-state index in [1.807, 2.05) is 55.5 Å². The zero-order valence-electron chi connectivity index (χ0n) is 14.9. The number of aliphatic imine (C=N–C) groups is 1. The maximum atomic E-state index is 12.1. The van der Waals surface area contributed by atoms with Gasteiger partial charge in [-0.2, -0.15) is 0 Å². The second-order valence-electron chi connectivity index (χ2n) is 6.38. The molecule has 0 saturated carbocycles. The van der Waals surface area contributed by atoms with E-state index in [1.165, 1.54) is 0 Å². The molecular weight excluding hydrogens is 338 g/mol. The number of carbonyl (C=O) groups excluding carboxylic acids is 1. The highest BCUT2D eigenvalue weighted by atomic mass is 16.2. The maximum absolute atomic E-state index is 12.1. The van der Waals surface area contributed by atoms with Crippen molar-refractivity contribution in [1.82, 2.24) is 9.97 Å². The monoisotopic (exact) mass is 357 g/mol. The van der Waals surface area contributed by atoms with Gasteiger partial charge in [0.2, 0.25) is 5.91 Å². The summed E-state index contributed by atoms with van der Waals surface area (Å²) in [6, 6.07) is 15.4. The van der Waals surface area contributed by atoms with E-state index in [-0.39, 0.29) is 11.8 Å². The number of nitrogens with one attached hydrogen (secondary N) is 2. The number of rotatable bonds is 5. The van der Waals surface area contributed by atoms with Crippen LogP contribution < -0.4 is 10.6 Å². The normalized spacial score (nSPS) is 15.6. The Bertz CT molecular complexity index is 980. The molecule has 2 aromatic carbocycles. The average Bonchev–Trinajstić information content (AvgIpc) is 3.02. The molecule has 0 fully saturated rings. The Hall–Kier alpha value is -3.54. The number of para-hydroxylation sites is 1. The molecule has 1 unspecified atom stereocenters. The van der Waals surface area contributed by atoms with Gasteiger partial charge in [-0.1, -0.05) is 18.2 Å². The Morgan fingerprint density at radius 1 is 1.11 bits per heavy atom. The number of nitrogens with zero attached hydrogens (tertiary/aromatic N) is 3. The van der Waals surface area contributed by atoms with E-state index in [0.717, 1.165) is 34.0 Å². The summed E-state index contributed by atoms with van der Waals surface area (Å²) in [5.41, 5.74) is 5.38. The Kier molecular flexibility index (Phi) is 4.61. The quantitative estimate of drug-likeness (QED) is 0.680. The van der Waals surface area contributed by atoms with Gasteiger partial charge in [-0.3, -0.25) is 19.8 Å². The predicted molar refractivity (Wildman–Crippen MR) is 107 cm³/mol. The Balaban J connectivity index is 1.40. The van der Waals surface area contributed by atoms with Crippen LogP contribution in [0.25, 0.3) is 0 Å². The van der Waals surface area contributed by atoms with Crippen molar-refractivity contribution in [3.8, 4) is 0 Å². The largest absolute Gasteiger partial charge is 0.379 e. The zero-order valence-corrected chi connectivity index (χ0v) is 14.9. The molecule has 0 saturated heterocycles. The fourth-order valence-electron chi connectivity index (χ4n) is 2.91. The van der Waals surface area contributed by atoms with E-state index in [1.54, 1.807) is 18.6 Å². The SMILES string of the molecule is Cc1cnc(CNc2ccc(N=CC3C(=O)Nc4ccccc43)cc2)cn1. The predicted octanol–water partition coefficient (Wildman–Crippen LogP) is 3.84. The highest BCUT2D eigenvalue weighted by Gasteiger charge is 2.28. The van der Waals surface area contributed by atoms with Gasteiger partial charge in [-0.25, -0.2) is 0 Å². The molecular formula is C21H19N5O. The van der Waals surface area contributed by atoms with Gasteiger partial charge in [0.1, 0.15) is 5.92 Å². The lowest BCUT2D eigenvalue weighted by atomic mass is 10.0. The van der Waals surface area contributed by atoms with Crippen LogP contribution in [0, 0.1) is 6.92 Å². The number of carbonyl (C=O) groups is 1. The molecule has 2 heterocycles. The number of aryl methyl sites for hydroxylation is 1. The molecule has 1 aliphatic heterocycles.